The average molecular weight is 422 g/mol. The number of rotatable bonds is 4. The van der Waals surface area contributed by atoms with Gasteiger partial charge in [0, 0.05) is 23.5 Å². The van der Waals surface area contributed by atoms with Crippen molar-refractivity contribution in [2.24, 2.45) is 0 Å². The highest BCUT2D eigenvalue weighted by Gasteiger charge is 2.29. The molecule has 0 saturated carbocycles. The van der Waals surface area contributed by atoms with E-state index < -0.39 is 10.0 Å². The molecule has 0 atom stereocenters. The number of sulfonamides is 1. The number of aryl methyl sites for hydroxylation is 1. The Balaban J connectivity index is 1.63. The Hall–Kier alpha value is -2.10. The van der Waals surface area contributed by atoms with Gasteiger partial charge in [0.1, 0.15) is 5.82 Å². The summed E-state index contributed by atoms with van der Waals surface area (Å²) in [5.41, 5.74) is 0.627. The molecule has 1 aromatic carbocycles. The van der Waals surface area contributed by atoms with Crippen LogP contribution in [0, 0.1) is 12.7 Å². The molecule has 2 aromatic heterocycles. The molecular formula is C19H20FN3O3S2. The second-order valence-electron chi connectivity index (χ2n) is 6.78. The third-order valence-corrected chi connectivity index (χ3v) is 7.99. The maximum Gasteiger partial charge on any atom is 0.268 e. The SMILES string of the molecule is Cc1sc(-c2nc(-c3ccc(F)cc3)no2)cc1S(=O)(=O)N1CCCCCC1. The molecule has 1 aliphatic heterocycles. The van der Waals surface area contributed by atoms with Crippen LogP contribution >= 0.6 is 11.3 Å². The Morgan fingerprint density at radius 3 is 2.46 bits per heavy atom. The first-order valence-corrected chi connectivity index (χ1v) is 11.4. The van der Waals surface area contributed by atoms with Crippen LogP contribution in [-0.4, -0.2) is 36.0 Å². The van der Waals surface area contributed by atoms with Crippen molar-refractivity contribution in [2.75, 3.05) is 13.1 Å². The third kappa shape index (κ3) is 3.74. The number of hydrogen-bond acceptors (Lipinski definition) is 6. The van der Waals surface area contributed by atoms with E-state index >= 15 is 0 Å². The van der Waals surface area contributed by atoms with Gasteiger partial charge in [0.2, 0.25) is 15.8 Å². The lowest BCUT2D eigenvalue weighted by Crippen LogP contribution is -2.32. The molecule has 0 bridgehead atoms. The Kier molecular flexibility index (Phi) is 5.31. The number of nitrogens with zero attached hydrogens (tertiary/aromatic N) is 3. The number of benzene rings is 1. The fourth-order valence-electron chi connectivity index (χ4n) is 3.29. The van der Waals surface area contributed by atoms with Crippen molar-refractivity contribution in [2.45, 2.75) is 37.5 Å². The Bertz CT molecular complexity index is 1070. The van der Waals surface area contributed by atoms with E-state index in [4.69, 9.17) is 4.52 Å². The molecule has 6 nitrogen and oxygen atoms in total. The first-order chi connectivity index (χ1) is 13.4. The van der Waals surface area contributed by atoms with Crippen LogP contribution in [0.15, 0.2) is 39.8 Å². The minimum Gasteiger partial charge on any atom is -0.333 e. The van der Waals surface area contributed by atoms with E-state index in [2.05, 4.69) is 10.1 Å². The minimum atomic E-state index is -3.54. The zero-order chi connectivity index (χ0) is 19.7. The molecular weight excluding hydrogens is 401 g/mol. The van der Waals surface area contributed by atoms with E-state index in [-0.39, 0.29) is 11.7 Å². The zero-order valence-electron chi connectivity index (χ0n) is 15.4. The smallest absolute Gasteiger partial charge is 0.268 e. The largest absolute Gasteiger partial charge is 0.333 e. The molecule has 3 heterocycles. The summed E-state index contributed by atoms with van der Waals surface area (Å²) in [6.45, 7) is 2.90. The number of halogens is 1. The molecule has 3 aromatic rings. The van der Waals surface area contributed by atoms with E-state index in [0.717, 1.165) is 25.7 Å². The molecule has 0 unspecified atom stereocenters. The number of thiophene rings is 1. The molecule has 0 radical (unpaired) electrons. The molecule has 1 aliphatic rings. The summed E-state index contributed by atoms with van der Waals surface area (Å²) in [7, 11) is -3.54. The molecule has 0 aliphatic carbocycles. The van der Waals surface area contributed by atoms with E-state index in [1.165, 1.54) is 23.5 Å². The van der Waals surface area contributed by atoms with Crippen LogP contribution in [0.3, 0.4) is 0 Å². The molecule has 28 heavy (non-hydrogen) atoms. The first-order valence-electron chi connectivity index (χ1n) is 9.16. The lowest BCUT2D eigenvalue weighted by Gasteiger charge is -2.19. The van der Waals surface area contributed by atoms with Gasteiger partial charge < -0.3 is 4.52 Å². The van der Waals surface area contributed by atoms with Gasteiger partial charge in [-0.15, -0.1) is 11.3 Å². The van der Waals surface area contributed by atoms with Crippen molar-refractivity contribution in [1.82, 2.24) is 14.4 Å². The Morgan fingerprint density at radius 2 is 1.79 bits per heavy atom. The fourth-order valence-corrected chi connectivity index (χ4v) is 6.29. The topological polar surface area (TPSA) is 76.3 Å². The average Bonchev–Trinajstić information content (AvgIpc) is 3.21. The highest BCUT2D eigenvalue weighted by molar-refractivity contribution is 7.89. The lowest BCUT2D eigenvalue weighted by molar-refractivity contribution is 0.423. The summed E-state index contributed by atoms with van der Waals surface area (Å²) in [5.74, 6) is 0.243. The van der Waals surface area contributed by atoms with Crippen molar-refractivity contribution in [3.8, 4) is 22.2 Å². The number of aromatic nitrogens is 2. The van der Waals surface area contributed by atoms with Gasteiger partial charge in [0.05, 0.1) is 9.77 Å². The van der Waals surface area contributed by atoms with Gasteiger partial charge in [-0.3, -0.25) is 0 Å². The summed E-state index contributed by atoms with van der Waals surface area (Å²) in [4.78, 5) is 5.95. The summed E-state index contributed by atoms with van der Waals surface area (Å²) in [5, 5.41) is 3.93. The summed E-state index contributed by atoms with van der Waals surface area (Å²) in [6.07, 6.45) is 3.90. The van der Waals surface area contributed by atoms with Gasteiger partial charge in [-0.2, -0.15) is 9.29 Å². The Labute approximate surface area is 167 Å². The first kappa shape index (κ1) is 19.2. The van der Waals surface area contributed by atoms with Gasteiger partial charge >= 0.3 is 0 Å². The standard InChI is InChI=1S/C19H20FN3O3S2/c1-13-17(28(24,25)23-10-4-2-3-5-11-23)12-16(27-13)19-21-18(22-26-19)14-6-8-15(20)9-7-14/h6-9,12H,2-5,10-11H2,1H3. The van der Waals surface area contributed by atoms with E-state index in [9.17, 15) is 12.8 Å². The van der Waals surface area contributed by atoms with Gasteiger partial charge in [0.25, 0.3) is 5.89 Å². The predicted molar refractivity (Wildman–Crippen MR) is 105 cm³/mol. The van der Waals surface area contributed by atoms with Crippen LogP contribution in [-0.2, 0) is 10.0 Å². The van der Waals surface area contributed by atoms with E-state index in [1.54, 1.807) is 29.4 Å². The van der Waals surface area contributed by atoms with Gasteiger partial charge in [-0.05, 0) is 50.1 Å². The van der Waals surface area contributed by atoms with Crippen molar-refractivity contribution in [3.05, 3.63) is 41.0 Å². The van der Waals surface area contributed by atoms with Gasteiger partial charge in [-0.1, -0.05) is 18.0 Å². The zero-order valence-corrected chi connectivity index (χ0v) is 17.0. The van der Waals surface area contributed by atoms with Gasteiger partial charge in [0.15, 0.2) is 0 Å². The molecule has 0 amide bonds. The summed E-state index contributed by atoms with van der Waals surface area (Å²) in [6, 6.07) is 7.40. The highest BCUT2D eigenvalue weighted by Crippen LogP contribution is 2.35. The summed E-state index contributed by atoms with van der Waals surface area (Å²) < 4.78 is 46.2. The Morgan fingerprint density at radius 1 is 1.11 bits per heavy atom. The van der Waals surface area contributed by atoms with Crippen molar-refractivity contribution in [1.29, 1.82) is 0 Å². The molecule has 0 N–H and O–H groups in total. The quantitative estimate of drug-likeness (QED) is 0.621. The molecule has 148 valence electrons. The molecule has 1 fully saturated rings. The number of hydrogen-bond donors (Lipinski definition) is 0. The van der Waals surface area contributed by atoms with Crippen LogP contribution in [0.4, 0.5) is 4.39 Å². The van der Waals surface area contributed by atoms with Gasteiger partial charge in [-0.25, -0.2) is 12.8 Å². The molecule has 4 rings (SSSR count). The van der Waals surface area contributed by atoms with Crippen LogP contribution in [0.1, 0.15) is 30.6 Å². The lowest BCUT2D eigenvalue weighted by atomic mass is 10.2. The van der Waals surface area contributed by atoms with Crippen LogP contribution in [0.5, 0.6) is 0 Å². The maximum absolute atomic E-state index is 13.1. The fraction of sp³-hybridized carbons (Fsp3) is 0.368. The molecule has 1 saturated heterocycles. The second kappa shape index (κ2) is 7.73. The van der Waals surface area contributed by atoms with Crippen molar-refractivity contribution >= 4 is 21.4 Å². The van der Waals surface area contributed by atoms with Crippen LogP contribution in [0.25, 0.3) is 22.2 Å². The third-order valence-electron chi connectivity index (χ3n) is 4.79. The van der Waals surface area contributed by atoms with Crippen LogP contribution < -0.4 is 0 Å². The van der Waals surface area contributed by atoms with Crippen LogP contribution in [0.2, 0.25) is 0 Å². The monoisotopic (exact) mass is 421 g/mol. The predicted octanol–water partition coefficient (Wildman–Crippen LogP) is 4.48. The maximum atomic E-state index is 13.1. The van der Waals surface area contributed by atoms with Crippen molar-refractivity contribution in [3.63, 3.8) is 0 Å². The minimum absolute atomic E-state index is 0.254. The normalized spacial score (nSPS) is 16.2. The molecule has 0 spiro atoms. The highest BCUT2D eigenvalue weighted by atomic mass is 32.2. The van der Waals surface area contributed by atoms with Crippen molar-refractivity contribution < 1.29 is 17.3 Å². The summed E-state index contributed by atoms with van der Waals surface area (Å²) >= 11 is 1.31. The van der Waals surface area contributed by atoms with E-state index in [1.807, 2.05) is 0 Å². The second-order valence-corrected chi connectivity index (χ2v) is 9.94. The van der Waals surface area contributed by atoms with E-state index in [0.29, 0.717) is 39.1 Å². The molecule has 9 heteroatoms.